The first kappa shape index (κ1) is 14.3. The molecule has 0 aliphatic carbocycles. The van der Waals surface area contributed by atoms with Crippen LogP contribution < -0.4 is 10.2 Å². The smallest absolute Gasteiger partial charge is 0.156 e. The molecule has 0 bridgehead atoms. The molecule has 2 aromatic heterocycles. The molecule has 0 spiro atoms. The van der Waals surface area contributed by atoms with Gasteiger partial charge in [0.15, 0.2) is 5.82 Å². The van der Waals surface area contributed by atoms with Gasteiger partial charge in [-0.1, -0.05) is 0 Å². The number of nitrogens with one attached hydrogen (secondary N) is 1. The maximum Gasteiger partial charge on any atom is 0.156 e. The standard InChI is InChI=1S/C16H25N5/c1-12(2)21(10-13-4-7-17-8-5-13)16-15-14(6-9-18-16)20(3)11-19-15/h6,9,11-13,17H,4-5,7-8,10H2,1-3H3. The highest BCUT2D eigenvalue weighted by molar-refractivity contribution is 5.86. The van der Waals surface area contributed by atoms with Crippen LogP contribution in [0.5, 0.6) is 0 Å². The molecule has 0 radical (unpaired) electrons. The van der Waals surface area contributed by atoms with Gasteiger partial charge in [0, 0.05) is 25.8 Å². The lowest BCUT2D eigenvalue weighted by atomic mass is 9.97. The number of rotatable bonds is 4. The van der Waals surface area contributed by atoms with E-state index < -0.39 is 0 Å². The average Bonchev–Trinajstić information content (AvgIpc) is 2.87. The maximum atomic E-state index is 4.64. The summed E-state index contributed by atoms with van der Waals surface area (Å²) in [5, 5.41) is 3.44. The minimum Gasteiger partial charge on any atom is -0.352 e. The van der Waals surface area contributed by atoms with E-state index in [1.807, 2.05) is 25.6 Å². The molecular formula is C16H25N5. The van der Waals surface area contributed by atoms with E-state index in [0.29, 0.717) is 6.04 Å². The highest BCUT2D eigenvalue weighted by Crippen LogP contribution is 2.26. The van der Waals surface area contributed by atoms with Crippen LogP contribution in [0.25, 0.3) is 11.0 Å². The first-order chi connectivity index (χ1) is 10.2. The number of aryl methyl sites for hydroxylation is 1. The summed E-state index contributed by atoms with van der Waals surface area (Å²) in [4.78, 5) is 11.6. The van der Waals surface area contributed by atoms with Crippen LogP contribution >= 0.6 is 0 Å². The average molecular weight is 287 g/mol. The van der Waals surface area contributed by atoms with Crippen molar-refractivity contribution in [2.75, 3.05) is 24.5 Å². The highest BCUT2D eigenvalue weighted by Gasteiger charge is 2.22. The van der Waals surface area contributed by atoms with Gasteiger partial charge in [-0.3, -0.25) is 0 Å². The van der Waals surface area contributed by atoms with Crippen LogP contribution in [0, 0.1) is 5.92 Å². The molecule has 0 unspecified atom stereocenters. The van der Waals surface area contributed by atoms with E-state index >= 15 is 0 Å². The fourth-order valence-electron chi connectivity index (χ4n) is 3.14. The van der Waals surface area contributed by atoms with Crippen LogP contribution in [-0.2, 0) is 7.05 Å². The third-order valence-corrected chi connectivity index (χ3v) is 4.43. The molecule has 1 saturated heterocycles. The molecule has 0 amide bonds. The lowest BCUT2D eigenvalue weighted by molar-refractivity contribution is 0.367. The number of hydrogen-bond donors (Lipinski definition) is 1. The Morgan fingerprint density at radius 1 is 1.33 bits per heavy atom. The topological polar surface area (TPSA) is 46.0 Å². The molecular weight excluding hydrogens is 262 g/mol. The van der Waals surface area contributed by atoms with Crippen molar-refractivity contribution in [1.82, 2.24) is 19.9 Å². The monoisotopic (exact) mass is 287 g/mol. The predicted molar refractivity (Wildman–Crippen MR) is 86.6 cm³/mol. The van der Waals surface area contributed by atoms with Gasteiger partial charge in [-0.25, -0.2) is 9.97 Å². The molecule has 21 heavy (non-hydrogen) atoms. The SMILES string of the molecule is CC(C)N(CC1CCNCC1)c1nccc2c1ncn2C. The zero-order chi connectivity index (χ0) is 14.8. The van der Waals surface area contributed by atoms with Crippen molar-refractivity contribution in [3.8, 4) is 0 Å². The predicted octanol–water partition coefficient (Wildman–Crippen LogP) is 2.18. The Labute approximate surface area is 126 Å². The van der Waals surface area contributed by atoms with E-state index in [4.69, 9.17) is 0 Å². The third kappa shape index (κ3) is 2.88. The number of anilines is 1. The molecule has 1 aliphatic rings. The Hall–Kier alpha value is -1.62. The van der Waals surface area contributed by atoms with Crippen molar-refractivity contribution >= 4 is 16.9 Å². The summed E-state index contributed by atoms with van der Waals surface area (Å²) in [5.74, 6) is 1.77. The lowest BCUT2D eigenvalue weighted by Crippen LogP contribution is -2.40. The minimum absolute atomic E-state index is 0.431. The molecule has 114 valence electrons. The van der Waals surface area contributed by atoms with Gasteiger partial charge < -0.3 is 14.8 Å². The van der Waals surface area contributed by atoms with Crippen molar-refractivity contribution in [3.05, 3.63) is 18.6 Å². The van der Waals surface area contributed by atoms with Gasteiger partial charge in [-0.05, 0) is 51.8 Å². The molecule has 1 fully saturated rings. The Morgan fingerprint density at radius 3 is 2.81 bits per heavy atom. The summed E-state index contributed by atoms with van der Waals surface area (Å²) < 4.78 is 2.06. The zero-order valence-corrected chi connectivity index (χ0v) is 13.2. The molecule has 3 rings (SSSR count). The van der Waals surface area contributed by atoms with E-state index in [9.17, 15) is 0 Å². The van der Waals surface area contributed by atoms with E-state index in [1.165, 1.54) is 12.8 Å². The number of hydrogen-bond acceptors (Lipinski definition) is 4. The number of pyridine rings is 1. The lowest BCUT2D eigenvalue weighted by Gasteiger charge is -2.33. The number of fused-ring (bicyclic) bond motifs is 1. The van der Waals surface area contributed by atoms with Crippen molar-refractivity contribution in [1.29, 1.82) is 0 Å². The second kappa shape index (κ2) is 6.02. The normalized spacial score (nSPS) is 16.8. The zero-order valence-electron chi connectivity index (χ0n) is 13.2. The number of nitrogens with zero attached hydrogens (tertiary/aromatic N) is 4. The van der Waals surface area contributed by atoms with Gasteiger partial charge >= 0.3 is 0 Å². The van der Waals surface area contributed by atoms with Crippen LogP contribution in [0.2, 0.25) is 0 Å². The summed E-state index contributed by atoms with van der Waals surface area (Å²) in [6, 6.07) is 2.47. The van der Waals surface area contributed by atoms with Crippen molar-refractivity contribution in [2.24, 2.45) is 13.0 Å². The van der Waals surface area contributed by atoms with Crippen molar-refractivity contribution in [2.45, 2.75) is 32.7 Å². The van der Waals surface area contributed by atoms with E-state index in [2.05, 4.69) is 38.6 Å². The van der Waals surface area contributed by atoms with E-state index in [0.717, 1.165) is 42.4 Å². The fourth-order valence-corrected chi connectivity index (χ4v) is 3.14. The van der Waals surface area contributed by atoms with Crippen molar-refractivity contribution < 1.29 is 0 Å². The maximum absolute atomic E-state index is 4.64. The number of aromatic nitrogens is 3. The number of imidazole rings is 1. The van der Waals surface area contributed by atoms with Gasteiger partial charge in [-0.15, -0.1) is 0 Å². The fraction of sp³-hybridized carbons (Fsp3) is 0.625. The molecule has 0 atom stereocenters. The second-order valence-electron chi connectivity index (χ2n) is 6.30. The molecule has 2 aromatic rings. The molecule has 0 aromatic carbocycles. The Bertz CT molecular complexity index is 598. The molecule has 1 aliphatic heterocycles. The van der Waals surface area contributed by atoms with Gasteiger partial charge in [0.05, 0.1) is 11.8 Å². The van der Waals surface area contributed by atoms with Gasteiger partial charge in [0.2, 0.25) is 0 Å². The molecule has 5 nitrogen and oxygen atoms in total. The highest BCUT2D eigenvalue weighted by atomic mass is 15.2. The molecule has 3 heterocycles. The summed E-state index contributed by atoms with van der Waals surface area (Å²) in [6.07, 6.45) is 6.28. The van der Waals surface area contributed by atoms with Crippen LogP contribution in [0.3, 0.4) is 0 Å². The van der Waals surface area contributed by atoms with Crippen molar-refractivity contribution in [3.63, 3.8) is 0 Å². The summed E-state index contributed by atoms with van der Waals surface area (Å²) >= 11 is 0. The first-order valence-electron chi connectivity index (χ1n) is 7.90. The molecule has 1 N–H and O–H groups in total. The Morgan fingerprint density at radius 2 is 2.10 bits per heavy atom. The Kier molecular flexibility index (Phi) is 4.10. The summed E-state index contributed by atoms with van der Waals surface area (Å²) in [6.45, 7) is 7.83. The first-order valence-corrected chi connectivity index (χ1v) is 7.90. The van der Waals surface area contributed by atoms with E-state index in [-0.39, 0.29) is 0 Å². The van der Waals surface area contributed by atoms with Crippen LogP contribution in [-0.4, -0.2) is 40.2 Å². The van der Waals surface area contributed by atoms with E-state index in [1.54, 1.807) is 0 Å². The molecule has 0 saturated carbocycles. The Balaban J connectivity index is 1.91. The van der Waals surface area contributed by atoms with Crippen LogP contribution in [0.1, 0.15) is 26.7 Å². The second-order valence-corrected chi connectivity index (χ2v) is 6.30. The van der Waals surface area contributed by atoms with Crippen LogP contribution in [0.4, 0.5) is 5.82 Å². The van der Waals surface area contributed by atoms with Gasteiger partial charge in [-0.2, -0.15) is 0 Å². The number of piperidine rings is 1. The van der Waals surface area contributed by atoms with Gasteiger partial charge in [0.1, 0.15) is 5.52 Å². The summed E-state index contributed by atoms with van der Waals surface area (Å²) in [5.41, 5.74) is 2.17. The third-order valence-electron chi connectivity index (χ3n) is 4.43. The molecule has 5 heteroatoms. The minimum atomic E-state index is 0.431. The van der Waals surface area contributed by atoms with Gasteiger partial charge in [0.25, 0.3) is 0 Å². The quantitative estimate of drug-likeness (QED) is 0.936. The largest absolute Gasteiger partial charge is 0.352 e. The summed E-state index contributed by atoms with van der Waals surface area (Å²) in [7, 11) is 2.03. The van der Waals surface area contributed by atoms with Crippen LogP contribution in [0.15, 0.2) is 18.6 Å².